The summed E-state index contributed by atoms with van der Waals surface area (Å²) in [5.41, 5.74) is 3.72. The minimum atomic E-state index is 0.128. The van der Waals surface area contributed by atoms with Gasteiger partial charge in [-0.1, -0.05) is 24.3 Å². The topological polar surface area (TPSA) is 39.3 Å². The zero-order chi connectivity index (χ0) is 15.6. The quantitative estimate of drug-likeness (QED) is 0.925. The summed E-state index contributed by atoms with van der Waals surface area (Å²) in [5, 5.41) is 0. The zero-order valence-corrected chi connectivity index (χ0v) is 13.4. The van der Waals surface area contributed by atoms with E-state index in [1.807, 2.05) is 23.2 Å². The number of H-pyrrole nitrogens is 1. The number of carbonyl (C=O) groups is 1. The molecule has 1 saturated heterocycles. The highest BCUT2D eigenvalue weighted by atomic mass is 16.2. The predicted molar refractivity (Wildman–Crippen MR) is 90.5 cm³/mol. The smallest absolute Gasteiger partial charge is 0.270 e. The molecule has 1 amide bonds. The van der Waals surface area contributed by atoms with Crippen LogP contribution >= 0.6 is 0 Å². The molecule has 4 rings (SSSR count). The highest BCUT2D eigenvalue weighted by molar-refractivity contribution is 5.92. The Morgan fingerprint density at radius 1 is 1.00 bits per heavy atom. The lowest BCUT2D eigenvalue weighted by Gasteiger charge is -2.41. The zero-order valence-electron chi connectivity index (χ0n) is 13.4. The average molecular weight is 309 g/mol. The van der Waals surface area contributed by atoms with Crippen molar-refractivity contribution >= 4 is 5.91 Å². The number of hydrogen-bond acceptors (Lipinski definition) is 2. The summed E-state index contributed by atoms with van der Waals surface area (Å²) in [5.74, 6) is 0.128. The Morgan fingerprint density at radius 3 is 2.52 bits per heavy atom. The predicted octanol–water partition coefficient (Wildman–Crippen LogP) is 2.33. The molecule has 0 saturated carbocycles. The maximum atomic E-state index is 12.4. The van der Waals surface area contributed by atoms with Crippen LogP contribution < -0.4 is 0 Å². The number of piperazine rings is 1. The monoisotopic (exact) mass is 309 g/mol. The number of aryl methyl sites for hydroxylation is 1. The molecular weight excluding hydrogens is 286 g/mol. The number of carbonyl (C=O) groups excluding carboxylic acids is 1. The van der Waals surface area contributed by atoms with Gasteiger partial charge in [-0.3, -0.25) is 9.69 Å². The van der Waals surface area contributed by atoms with Gasteiger partial charge >= 0.3 is 0 Å². The molecule has 120 valence electrons. The number of nitrogens with one attached hydrogen (secondary N) is 1. The summed E-state index contributed by atoms with van der Waals surface area (Å²) >= 11 is 0. The minimum absolute atomic E-state index is 0.128. The van der Waals surface area contributed by atoms with Crippen molar-refractivity contribution in [3.8, 4) is 0 Å². The summed E-state index contributed by atoms with van der Waals surface area (Å²) in [4.78, 5) is 19.9. The number of hydrogen-bond donors (Lipinski definition) is 1. The van der Waals surface area contributed by atoms with E-state index in [9.17, 15) is 4.79 Å². The highest BCUT2D eigenvalue weighted by Gasteiger charge is 2.29. The van der Waals surface area contributed by atoms with Crippen molar-refractivity contribution in [3.05, 3.63) is 59.4 Å². The first kappa shape index (κ1) is 14.5. The fourth-order valence-electron chi connectivity index (χ4n) is 3.91. The number of nitrogens with zero attached hydrogens (tertiary/aromatic N) is 2. The number of rotatable bonds is 2. The van der Waals surface area contributed by atoms with Crippen LogP contribution in [0.2, 0.25) is 0 Å². The Bertz CT molecular complexity index is 672. The van der Waals surface area contributed by atoms with Crippen molar-refractivity contribution in [2.75, 3.05) is 26.2 Å². The number of benzene rings is 1. The Hall–Kier alpha value is -2.07. The molecule has 0 radical (unpaired) electrons. The van der Waals surface area contributed by atoms with E-state index in [-0.39, 0.29) is 5.91 Å². The summed E-state index contributed by atoms with van der Waals surface area (Å²) in [7, 11) is 0. The van der Waals surface area contributed by atoms with Gasteiger partial charge in [0.1, 0.15) is 5.69 Å². The molecule has 0 spiro atoms. The van der Waals surface area contributed by atoms with Crippen LogP contribution in [0.4, 0.5) is 0 Å². The van der Waals surface area contributed by atoms with Crippen molar-refractivity contribution in [2.24, 2.45) is 0 Å². The molecule has 2 aromatic rings. The summed E-state index contributed by atoms with van der Waals surface area (Å²) in [6, 6.07) is 13.2. The molecule has 2 heterocycles. The van der Waals surface area contributed by atoms with Gasteiger partial charge in [0.25, 0.3) is 5.91 Å². The highest BCUT2D eigenvalue weighted by Crippen LogP contribution is 2.25. The van der Waals surface area contributed by atoms with Crippen LogP contribution in [-0.4, -0.2) is 52.9 Å². The molecule has 1 fully saturated rings. The second-order valence-electron chi connectivity index (χ2n) is 6.58. The van der Waals surface area contributed by atoms with Crippen LogP contribution in [0.5, 0.6) is 0 Å². The van der Waals surface area contributed by atoms with Gasteiger partial charge in [-0.15, -0.1) is 0 Å². The SMILES string of the molecule is O=C(c1ccc[nH]1)N1CCN(C2CCc3ccccc3C2)CC1. The van der Waals surface area contributed by atoms with Gasteiger partial charge < -0.3 is 9.88 Å². The summed E-state index contributed by atoms with van der Waals surface area (Å²) in [6.45, 7) is 3.63. The van der Waals surface area contributed by atoms with E-state index in [0.29, 0.717) is 11.7 Å². The maximum absolute atomic E-state index is 12.4. The number of fused-ring (bicyclic) bond motifs is 1. The van der Waals surface area contributed by atoms with Crippen LogP contribution in [0.25, 0.3) is 0 Å². The molecule has 1 unspecified atom stereocenters. The molecule has 0 bridgehead atoms. The standard InChI is InChI=1S/C19H23N3O/c23-19(18-6-3-9-20-18)22-12-10-21(11-13-22)17-8-7-15-4-1-2-5-16(15)14-17/h1-6,9,17,20H,7-8,10-14H2. The summed E-state index contributed by atoms with van der Waals surface area (Å²) < 4.78 is 0. The van der Waals surface area contributed by atoms with Gasteiger partial charge in [0, 0.05) is 38.4 Å². The Kier molecular flexibility index (Phi) is 3.92. The van der Waals surface area contributed by atoms with Crippen LogP contribution in [0.15, 0.2) is 42.6 Å². The van der Waals surface area contributed by atoms with E-state index in [4.69, 9.17) is 0 Å². The van der Waals surface area contributed by atoms with E-state index < -0.39 is 0 Å². The molecule has 1 N–H and O–H groups in total. The molecule has 1 atom stereocenters. The summed E-state index contributed by atoms with van der Waals surface area (Å²) in [6.07, 6.45) is 5.38. The fourth-order valence-corrected chi connectivity index (χ4v) is 3.91. The van der Waals surface area contributed by atoms with Gasteiger partial charge in [-0.2, -0.15) is 0 Å². The normalized spacial score (nSPS) is 21.9. The Balaban J connectivity index is 1.36. The molecule has 2 aliphatic rings. The van der Waals surface area contributed by atoms with E-state index in [1.165, 1.54) is 24.0 Å². The molecule has 1 aromatic heterocycles. The first-order valence-electron chi connectivity index (χ1n) is 8.55. The largest absolute Gasteiger partial charge is 0.357 e. The molecule has 1 aromatic carbocycles. The third-order valence-corrected chi connectivity index (χ3v) is 5.27. The fraction of sp³-hybridized carbons (Fsp3) is 0.421. The molecule has 23 heavy (non-hydrogen) atoms. The second kappa shape index (κ2) is 6.20. The molecular formula is C19H23N3O. The van der Waals surface area contributed by atoms with E-state index in [1.54, 1.807) is 0 Å². The van der Waals surface area contributed by atoms with Crippen LogP contribution in [0.1, 0.15) is 28.0 Å². The van der Waals surface area contributed by atoms with Crippen LogP contribution in [-0.2, 0) is 12.8 Å². The van der Waals surface area contributed by atoms with Crippen molar-refractivity contribution in [2.45, 2.75) is 25.3 Å². The minimum Gasteiger partial charge on any atom is -0.357 e. The van der Waals surface area contributed by atoms with Crippen LogP contribution in [0, 0.1) is 0 Å². The molecule has 1 aliphatic heterocycles. The number of aromatic amines is 1. The first-order chi connectivity index (χ1) is 11.3. The van der Waals surface area contributed by atoms with Crippen LogP contribution in [0.3, 0.4) is 0 Å². The van der Waals surface area contributed by atoms with Crippen molar-refractivity contribution in [1.29, 1.82) is 0 Å². The molecule has 1 aliphatic carbocycles. The maximum Gasteiger partial charge on any atom is 0.270 e. The first-order valence-corrected chi connectivity index (χ1v) is 8.55. The molecule has 4 heteroatoms. The van der Waals surface area contributed by atoms with Gasteiger partial charge in [-0.25, -0.2) is 0 Å². The van der Waals surface area contributed by atoms with E-state index in [0.717, 1.165) is 32.6 Å². The average Bonchev–Trinajstić information content (AvgIpc) is 3.15. The lowest BCUT2D eigenvalue weighted by molar-refractivity contribution is 0.0548. The van der Waals surface area contributed by atoms with Gasteiger partial charge in [0.15, 0.2) is 0 Å². The van der Waals surface area contributed by atoms with Crippen molar-refractivity contribution in [3.63, 3.8) is 0 Å². The van der Waals surface area contributed by atoms with Gasteiger partial charge in [0.2, 0.25) is 0 Å². The second-order valence-corrected chi connectivity index (χ2v) is 6.58. The third-order valence-electron chi connectivity index (χ3n) is 5.27. The Morgan fingerprint density at radius 2 is 1.78 bits per heavy atom. The lowest BCUT2D eigenvalue weighted by atomic mass is 9.87. The third kappa shape index (κ3) is 2.91. The van der Waals surface area contributed by atoms with Gasteiger partial charge in [-0.05, 0) is 42.5 Å². The van der Waals surface area contributed by atoms with Gasteiger partial charge in [0.05, 0.1) is 0 Å². The van der Waals surface area contributed by atoms with E-state index in [2.05, 4.69) is 34.1 Å². The van der Waals surface area contributed by atoms with E-state index >= 15 is 0 Å². The number of amides is 1. The number of aromatic nitrogens is 1. The lowest BCUT2D eigenvalue weighted by Crippen LogP contribution is -2.53. The Labute approximate surface area is 137 Å². The molecule has 4 nitrogen and oxygen atoms in total. The van der Waals surface area contributed by atoms with Crippen molar-refractivity contribution < 1.29 is 4.79 Å². The van der Waals surface area contributed by atoms with Crippen molar-refractivity contribution in [1.82, 2.24) is 14.8 Å².